The van der Waals surface area contributed by atoms with E-state index in [1.807, 2.05) is 24.3 Å². The maximum atomic E-state index is 12.4. The first-order chi connectivity index (χ1) is 14.1. The number of hydrogen-bond donors (Lipinski definition) is 2. The Balaban J connectivity index is 1.21. The molecule has 1 fully saturated rings. The number of para-hydroxylation sites is 1. The van der Waals surface area contributed by atoms with Gasteiger partial charge in [-0.1, -0.05) is 18.2 Å². The predicted octanol–water partition coefficient (Wildman–Crippen LogP) is 2.59. The molecule has 1 aromatic heterocycles. The van der Waals surface area contributed by atoms with Gasteiger partial charge in [0.25, 0.3) is 5.91 Å². The van der Waals surface area contributed by atoms with Gasteiger partial charge in [0.05, 0.1) is 6.26 Å². The van der Waals surface area contributed by atoms with E-state index < -0.39 is 0 Å². The van der Waals surface area contributed by atoms with Gasteiger partial charge in [-0.05, 0) is 49.4 Å². The number of amides is 3. The summed E-state index contributed by atoms with van der Waals surface area (Å²) >= 11 is 0. The minimum absolute atomic E-state index is 0.0127. The molecular weight excluding hydrogens is 370 g/mol. The number of nitrogens with zero attached hydrogens (tertiary/aromatic N) is 1. The summed E-state index contributed by atoms with van der Waals surface area (Å²) in [6.45, 7) is 1.18. The molecule has 2 aromatic rings. The van der Waals surface area contributed by atoms with Crippen LogP contribution in [0, 0.1) is 5.92 Å². The van der Waals surface area contributed by atoms with Crippen LogP contribution in [0.4, 0.5) is 5.69 Å². The first kappa shape index (κ1) is 19.2. The average molecular weight is 395 g/mol. The zero-order valence-electron chi connectivity index (χ0n) is 16.2. The van der Waals surface area contributed by atoms with Crippen molar-refractivity contribution < 1.29 is 18.8 Å². The minimum Gasteiger partial charge on any atom is -0.459 e. The van der Waals surface area contributed by atoms with E-state index in [-0.39, 0.29) is 29.7 Å². The molecule has 2 aliphatic heterocycles. The minimum atomic E-state index is -0.177. The van der Waals surface area contributed by atoms with Crippen molar-refractivity contribution in [3.63, 3.8) is 0 Å². The Kier molecular flexibility index (Phi) is 5.64. The average Bonchev–Trinajstić information content (AvgIpc) is 3.27. The summed E-state index contributed by atoms with van der Waals surface area (Å²) in [5.74, 6) is 0.0142. The molecule has 0 spiro atoms. The zero-order chi connectivity index (χ0) is 20.2. The summed E-state index contributed by atoms with van der Waals surface area (Å²) in [5, 5.41) is 5.98. The third kappa shape index (κ3) is 4.50. The van der Waals surface area contributed by atoms with Crippen LogP contribution >= 0.6 is 0 Å². The molecule has 0 bridgehead atoms. The fourth-order valence-corrected chi connectivity index (χ4v) is 4.03. The number of fused-ring (bicyclic) bond motifs is 1. The first-order valence-corrected chi connectivity index (χ1v) is 10.1. The summed E-state index contributed by atoms with van der Waals surface area (Å²) in [7, 11) is 0. The van der Waals surface area contributed by atoms with Crippen molar-refractivity contribution in [2.75, 3.05) is 18.4 Å². The monoisotopic (exact) mass is 395 g/mol. The van der Waals surface area contributed by atoms with E-state index in [2.05, 4.69) is 10.6 Å². The van der Waals surface area contributed by atoms with Crippen LogP contribution in [0.25, 0.3) is 0 Å². The molecule has 2 N–H and O–H groups in total. The van der Waals surface area contributed by atoms with Crippen LogP contribution in [0.3, 0.4) is 0 Å². The van der Waals surface area contributed by atoms with Gasteiger partial charge >= 0.3 is 0 Å². The SMILES string of the molecule is O=C(CCC1Cc2ccccc2NC1=O)NC1CCN(C(=O)c2ccco2)CC1. The molecule has 1 aromatic carbocycles. The van der Waals surface area contributed by atoms with Crippen LogP contribution in [0.5, 0.6) is 0 Å². The highest BCUT2D eigenvalue weighted by Crippen LogP contribution is 2.27. The largest absolute Gasteiger partial charge is 0.459 e. The summed E-state index contributed by atoms with van der Waals surface area (Å²) in [6.07, 6.45) is 4.45. The molecule has 1 unspecified atom stereocenters. The van der Waals surface area contributed by atoms with E-state index in [0.717, 1.165) is 24.1 Å². The van der Waals surface area contributed by atoms with Crippen LogP contribution in [-0.4, -0.2) is 41.8 Å². The molecule has 29 heavy (non-hydrogen) atoms. The lowest BCUT2D eigenvalue weighted by Gasteiger charge is -2.32. The summed E-state index contributed by atoms with van der Waals surface area (Å²) in [5.41, 5.74) is 1.99. The van der Waals surface area contributed by atoms with Crippen molar-refractivity contribution in [1.82, 2.24) is 10.2 Å². The molecule has 3 heterocycles. The molecule has 0 aliphatic carbocycles. The second kappa shape index (κ2) is 8.51. The van der Waals surface area contributed by atoms with E-state index in [1.54, 1.807) is 17.0 Å². The Bertz CT molecular complexity index is 885. The van der Waals surface area contributed by atoms with Gasteiger partial charge in [-0.15, -0.1) is 0 Å². The number of carbonyl (C=O) groups excluding carboxylic acids is 3. The van der Waals surface area contributed by atoms with Gasteiger partial charge in [0.1, 0.15) is 0 Å². The lowest BCUT2D eigenvalue weighted by Crippen LogP contribution is -2.46. The van der Waals surface area contributed by atoms with Crippen molar-refractivity contribution in [2.24, 2.45) is 5.92 Å². The van der Waals surface area contributed by atoms with E-state index in [0.29, 0.717) is 38.1 Å². The molecule has 0 radical (unpaired) electrons. The van der Waals surface area contributed by atoms with Gasteiger partial charge in [0, 0.05) is 37.2 Å². The number of anilines is 1. The zero-order valence-corrected chi connectivity index (χ0v) is 16.2. The van der Waals surface area contributed by atoms with Gasteiger partial charge in [0.15, 0.2) is 5.76 Å². The lowest BCUT2D eigenvalue weighted by molar-refractivity contribution is -0.123. The second-order valence-corrected chi connectivity index (χ2v) is 7.70. The molecule has 3 amide bonds. The Morgan fingerprint density at radius 2 is 1.93 bits per heavy atom. The second-order valence-electron chi connectivity index (χ2n) is 7.70. The summed E-state index contributed by atoms with van der Waals surface area (Å²) in [4.78, 5) is 38.7. The molecule has 152 valence electrons. The Labute approximate surface area is 169 Å². The molecule has 1 saturated heterocycles. The standard InChI is InChI=1S/C22H25N3O4/c26-20(8-7-16-14-15-4-1-2-5-18(15)24-21(16)27)23-17-9-11-25(12-10-17)22(28)19-6-3-13-29-19/h1-6,13,16-17H,7-12,14H2,(H,23,26)(H,24,27). The Morgan fingerprint density at radius 1 is 1.14 bits per heavy atom. The number of furan rings is 1. The number of carbonyl (C=O) groups is 3. The van der Waals surface area contributed by atoms with Gasteiger partial charge in [-0.25, -0.2) is 0 Å². The van der Waals surface area contributed by atoms with Gasteiger partial charge in [0.2, 0.25) is 11.8 Å². The first-order valence-electron chi connectivity index (χ1n) is 10.1. The number of nitrogens with one attached hydrogen (secondary N) is 2. The maximum absolute atomic E-state index is 12.4. The third-order valence-corrected chi connectivity index (χ3v) is 5.71. The molecule has 7 nitrogen and oxygen atoms in total. The highest BCUT2D eigenvalue weighted by atomic mass is 16.3. The molecule has 2 aliphatic rings. The van der Waals surface area contributed by atoms with E-state index in [4.69, 9.17) is 4.42 Å². The van der Waals surface area contributed by atoms with E-state index in [9.17, 15) is 14.4 Å². The number of rotatable bonds is 5. The van der Waals surface area contributed by atoms with Gasteiger partial charge in [-0.3, -0.25) is 14.4 Å². The number of hydrogen-bond acceptors (Lipinski definition) is 4. The fraction of sp³-hybridized carbons (Fsp3) is 0.409. The molecular formula is C22H25N3O4. The van der Waals surface area contributed by atoms with E-state index >= 15 is 0 Å². The van der Waals surface area contributed by atoms with Crippen LogP contribution in [0.2, 0.25) is 0 Å². The molecule has 1 atom stereocenters. The smallest absolute Gasteiger partial charge is 0.289 e. The van der Waals surface area contributed by atoms with Gasteiger partial charge in [-0.2, -0.15) is 0 Å². The predicted molar refractivity (Wildman–Crippen MR) is 107 cm³/mol. The lowest BCUT2D eigenvalue weighted by atomic mass is 9.89. The Hall–Kier alpha value is -3.09. The summed E-state index contributed by atoms with van der Waals surface area (Å²) in [6, 6.07) is 11.2. The highest BCUT2D eigenvalue weighted by molar-refractivity contribution is 5.96. The normalized spacial score (nSPS) is 19.4. The Morgan fingerprint density at radius 3 is 2.69 bits per heavy atom. The van der Waals surface area contributed by atoms with Crippen LogP contribution in [0.1, 0.15) is 41.8 Å². The van der Waals surface area contributed by atoms with Crippen LogP contribution in [-0.2, 0) is 16.0 Å². The van der Waals surface area contributed by atoms with Crippen LogP contribution < -0.4 is 10.6 Å². The van der Waals surface area contributed by atoms with Crippen molar-refractivity contribution in [1.29, 1.82) is 0 Å². The van der Waals surface area contributed by atoms with Crippen molar-refractivity contribution >= 4 is 23.4 Å². The fourth-order valence-electron chi connectivity index (χ4n) is 4.03. The van der Waals surface area contributed by atoms with Gasteiger partial charge < -0.3 is 20.0 Å². The number of piperidine rings is 1. The topological polar surface area (TPSA) is 91.7 Å². The number of benzene rings is 1. The molecule has 7 heteroatoms. The highest BCUT2D eigenvalue weighted by Gasteiger charge is 2.28. The maximum Gasteiger partial charge on any atom is 0.289 e. The van der Waals surface area contributed by atoms with Crippen molar-refractivity contribution in [2.45, 2.75) is 38.1 Å². The van der Waals surface area contributed by atoms with E-state index in [1.165, 1.54) is 6.26 Å². The summed E-state index contributed by atoms with van der Waals surface area (Å²) < 4.78 is 5.17. The van der Waals surface area contributed by atoms with Crippen LogP contribution in [0.15, 0.2) is 47.1 Å². The third-order valence-electron chi connectivity index (χ3n) is 5.71. The molecule has 4 rings (SSSR count). The quantitative estimate of drug-likeness (QED) is 0.814. The van der Waals surface area contributed by atoms with Crippen molar-refractivity contribution in [3.8, 4) is 0 Å². The molecule has 0 saturated carbocycles. The number of likely N-dealkylation sites (tertiary alicyclic amines) is 1. The van der Waals surface area contributed by atoms with Crippen molar-refractivity contribution in [3.05, 3.63) is 54.0 Å².